The van der Waals surface area contributed by atoms with Crippen molar-refractivity contribution in [2.24, 2.45) is 5.41 Å². The van der Waals surface area contributed by atoms with Crippen LogP contribution in [0.5, 0.6) is 0 Å². The molecule has 0 radical (unpaired) electrons. The summed E-state index contributed by atoms with van der Waals surface area (Å²) < 4.78 is 4.95. The van der Waals surface area contributed by atoms with Crippen molar-refractivity contribution >= 4 is 5.97 Å². The minimum Gasteiger partial charge on any atom is -0.460 e. The Morgan fingerprint density at radius 2 is 2.07 bits per heavy atom. The van der Waals surface area contributed by atoms with Crippen LogP contribution in [0.1, 0.15) is 47.0 Å². The molecule has 1 atom stereocenters. The van der Waals surface area contributed by atoms with Crippen LogP contribution in [0.15, 0.2) is 0 Å². The lowest BCUT2D eigenvalue weighted by Gasteiger charge is -2.24. The first-order chi connectivity index (χ1) is 6.41. The first-order valence-corrected chi connectivity index (χ1v) is 5.19. The van der Waals surface area contributed by atoms with Gasteiger partial charge in [-0.15, -0.1) is 0 Å². The standard InChI is InChI=1S/C11H22O3/c1-5-11(3,4)7-6-10(8-12)14-9(2)13/h10,12H,5-8H2,1-4H3. The van der Waals surface area contributed by atoms with Crippen molar-refractivity contribution in [1.82, 2.24) is 0 Å². The molecule has 0 bridgehead atoms. The van der Waals surface area contributed by atoms with E-state index in [1.807, 2.05) is 0 Å². The summed E-state index contributed by atoms with van der Waals surface area (Å²) in [4.78, 5) is 10.7. The number of aliphatic hydroxyl groups excluding tert-OH is 1. The molecule has 0 spiro atoms. The zero-order chi connectivity index (χ0) is 11.2. The summed E-state index contributed by atoms with van der Waals surface area (Å²) in [6.45, 7) is 7.77. The molecule has 0 aromatic carbocycles. The average Bonchev–Trinajstić information content (AvgIpc) is 2.12. The van der Waals surface area contributed by atoms with Crippen molar-refractivity contribution in [3.8, 4) is 0 Å². The van der Waals surface area contributed by atoms with E-state index in [9.17, 15) is 4.79 Å². The molecule has 0 fully saturated rings. The van der Waals surface area contributed by atoms with Gasteiger partial charge < -0.3 is 9.84 Å². The summed E-state index contributed by atoms with van der Waals surface area (Å²) in [5, 5.41) is 8.97. The lowest BCUT2D eigenvalue weighted by atomic mass is 9.84. The number of hydrogen-bond donors (Lipinski definition) is 1. The average molecular weight is 202 g/mol. The van der Waals surface area contributed by atoms with E-state index in [1.165, 1.54) is 6.92 Å². The molecule has 0 aromatic heterocycles. The van der Waals surface area contributed by atoms with Gasteiger partial charge in [0, 0.05) is 6.92 Å². The number of carbonyl (C=O) groups is 1. The first kappa shape index (κ1) is 13.4. The fraction of sp³-hybridized carbons (Fsp3) is 0.909. The van der Waals surface area contributed by atoms with E-state index in [1.54, 1.807) is 0 Å². The second kappa shape index (κ2) is 6.02. The van der Waals surface area contributed by atoms with Crippen LogP contribution in [-0.2, 0) is 9.53 Å². The monoisotopic (exact) mass is 202 g/mol. The van der Waals surface area contributed by atoms with Crippen LogP contribution >= 0.6 is 0 Å². The maximum absolute atomic E-state index is 10.7. The predicted octanol–water partition coefficient (Wildman–Crippen LogP) is 2.13. The predicted molar refractivity (Wildman–Crippen MR) is 55.9 cm³/mol. The number of aliphatic hydroxyl groups is 1. The van der Waals surface area contributed by atoms with Crippen molar-refractivity contribution < 1.29 is 14.6 Å². The highest BCUT2D eigenvalue weighted by atomic mass is 16.5. The van der Waals surface area contributed by atoms with Gasteiger partial charge in [0.15, 0.2) is 0 Å². The van der Waals surface area contributed by atoms with Gasteiger partial charge in [0.05, 0.1) is 6.61 Å². The molecule has 0 saturated heterocycles. The number of esters is 1. The maximum atomic E-state index is 10.7. The summed E-state index contributed by atoms with van der Waals surface area (Å²) in [6.07, 6.45) is 2.45. The molecule has 0 aliphatic rings. The van der Waals surface area contributed by atoms with Gasteiger partial charge in [0.1, 0.15) is 6.10 Å². The zero-order valence-electron chi connectivity index (χ0n) is 9.67. The Morgan fingerprint density at radius 3 is 2.43 bits per heavy atom. The fourth-order valence-corrected chi connectivity index (χ4v) is 1.15. The molecule has 0 aliphatic heterocycles. The van der Waals surface area contributed by atoms with Crippen LogP contribution in [-0.4, -0.2) is 23.8 Å². The van der Waals surface area contributed by atoms with Gasteiger partial charge in [-0.2, -0.15) is 0 Å². The Labute approximate surface area is 86.5 Å². The summed E-state index contributed by atoms with van der Waals surface area (Å²) >= 11 is 0. The van der Waals surface area contributed by atoms with Crippen molar-refractivity contribution in [1.29, 1.82) is 0 Å². The molecular weight excluding hydrogens is 180 g/mol. The van der Waals surface area contributed by atoms with E-state index < -0.39 is 0 Å². The van der Waals surface area contributed by atoms with Gasteiger partial charge in [-0.05, 0) is 18.3 Å². The SMILES string of the molecule is CCC(C)(C)CCC(CO)OC(C)=O. The van der Waals surface area contributed by atoms with E-state index in [2.05, 4.69) is 20.8 Å². The Balaban J connectivity index is 3.89. The molecule has 1 N–H and O–H groups in total. The molecule has 0 heterocycles. The Kier molecular flexibility index (Phi) is 5.77. The molecule has 1 unspecified atom stereocenters. The van der Waals surface area contributed by atoms with Crippen molar-refractivity contribution in [2.75, 3.05) is 6.61 Å². The highest BCUT2D eigenvalue weighted by molar-refractivity contribution is 5.66. The van der Waals surface area contributed by atoms with Crippen molar-refractivity contribution in [3.05, 3.63) is 0 Å². The van der Waals surface area contributed by atoms with Crippen molar-refractivity contribution in [3.63, 3.8) is 0 Å². The molecule has 0 aliphatic carbocycles. The third-order valence-electron chi connectivity index (χ3n) is 2.64. The van der Waals surface area contributed by atoms with E-state index in [-0.39, 0.29) is 24.1 Å². The molecule has 84 valence electrons. The van der Waals surface area contributed by atoms with Crippen LogP contribution in [0, 0.1) is 5.41 Å². The maximum Gasteiger partial charge on any atom is 0.302 e. The highest BCUT2D eigenvalue weighted by Gasteiger charge is 2.19. The number of hydrogen-bond acceptors (Lipinski definition) is 3. The first-order valence-electron chi connectivity index (χ1n) is 5.19. The summed E-state index contributed by atoms with van der Waals surface area (Å²) in [7, 11) is 0. The third-order valence-corrected chi connectivity index (χ3v) is 2.64. The van der Waals surface area contributed by atoms with Crippen LogP contribution < -0.4 is 0 Å². The molecule has 0 rings (SSSR count). The van der Waals surface area contributed by atoms with E-state index >= 15 is 0 Å². The number of carbonyl (C=O) groups excluding carboxylic acids is 1. The lowest BCUT2D eigenvalue weighted by Crippen LogP contribution is -2.23. The number of ether oxygens (including phenoxy) is 1. The van der Waals surface area contributed by atoms with Gasteiger partial charge >= 0.3 is 5.97 Å². The van der Waals surface area contributed by atoms with Gasteiger partial charge in [-0.25, -0.2) is 0 Å². The quantitative estimate of drug-likeness (QED) is 0.671. The van der Waals surface area contributed by atoms with E-state index in [0.717, 1.165) is 19.3 Å². The lowest BCUT2D eigenvalue weighted by molar-refractivity contribution is -0.149. The normalized spacial score (nSPS) is 13.8. The second-order valence-electron chi connectivity index (χ2n) is 4.47. The fourth-order valence-electron chi connectivity index (χ4n) is 1.15. The van der Waals surface area contributed by atoms with Crippen LogP contribution in [0.4, 0.5) is 0 Å². The van der Waals surface area contributed by atoms with Crippen LogP contribution in [0.3, 0.4) is 0 Å². The van der Waals surface area contributed by atoms with Gasteiger partial charge in [0.25, 0.3) is 0 Å². The Hall–Kier alpha value is -0.570. The van der Waals surface area contributed by atoms with Gasteiger partial charge in [-0.1, -0.05) is 27.2 Å². The minimum absolute atomic E-state index is 0.0840. The highest BCUT2D eigenvalue weighted by Crippen LogP contribution is 2.27. The van der Waals surface area contributed by atoms with E-state index in [0.29, 0.717) is 0 Å². The summed E-state index contributed by atoms with van der Waals surface area (Å²) in [6, 6.07) is 0. The molecule has 0 amide bonds. The van der Waals surface area contributed by atoms with Gasteiger partial charge in [0.2, 0.25) is 0 Å². The largest absolute Gasteiger partial charge is 0.460 e. The molecule has 14 heavy (non-hydrogen) atoms. The minimum atomic E-state index is -0.335. The molecule has 3 heteroatoms. The third kappa shape index (κ3) is 5.97. The molecule has 0 aromatic rings. The Morgan fingerprint density at radius 1 is 1.50 bits per heavy atom. The zero-order valence-corrected chi connectivity index (χ0v) is 9.67. The van der Waals surface area contributed by atoms with Crippen molar-refractivity contribution in [2.45, 2.75) is 53.1 Å². The number of rotatable bonds is 6. The molecule has 0 saturated carbocycles. The second-order valence-corrected chi connectivity index (χ2v) is 4.47. The van der Waals surface area contributed by atoms with Crippen LogP contribution in [0.2, 0.25) is 0 Å². The van der Waals surface area contributed by atoms with Crippen LogP contribution in [0.25, 0.3) is 0 Å². The smallest absolute Gasteiger partial charge is 0.302 e. The van der Waals surface area contributed by atoms with Gasteiger partial charge in [-0.3, -0.25) is 4.79 Å². The molecular formula is C11H22O3. The summed E-state index contributed by atoms with van der Waals surface area (Å²) in [5.74, 6) is -0.321. The topological polar surface area (TPSA) is 46.5 Å². The molecule has 3 nitrogen and oxygen atoms in total. The summed E-state index contributed by atoms with van der Waals surface area (Å²) in [5.41, 5.74) is 0.258. The Bertz CT molecular complexity index is 175. The van der Waals surface area contributed by atoms with E-state index in [4.69, 9.17) is 9.84 Å².